The van der Waals surface area contributed by atoms with Crippen LogP contribution in [0.25, 0.3) is 0 Å². The lowest BCUT2D eigenvalue weighted by Gasteiger charge is -2.22. The number of ether oxygens (including phenoxy) is 1. The standard InChI is InChI=1S/C22H25NO3.C6H12/c1-5-6-19(23-4)18-9-13(2)7-8-21(18)26-22-14(3)10-16-17(22)11-15(24)12-20(16)25;1-2-4-6-5-3-1/h5-9,11-12,14,22,24-25H,10H2,1-4H3;1-6H2/b6-5-,23-19?;/t14?,22-;/m1./s1. The number of hydrogen-bond donors (Lipinski definition) is 2. The van der Waals surface area contributed by atoms with Crippen molar-refractivity contribution in [1.29, 1.82) is 0 Å². The second-order valence-electron chi connectivity index (χ2n) is 8.98. The summed E-state index contributed by atoms with van der Waals surface area (Å²) < 4.78 is 6.40. The Morgan fingerprint density at radius 3 is 2.28 bits per heavy atom. The molecule has 0 radical (unpaired) electrons. The first-order chi connectivity index (χ1) is 15.4. The molecule has 0 spiro atoms. The monoisotopic (exact) mass is 435 g/mol. The highest BCUT2D eigenvalue weighted by Crippen LogP contribution is 2.45. The molecule has 4 rings (SSSR count). The van der Waals surface area contributed by atoms with Gasteiger partial charge in [0.1, 0.15) is 23.4 Å². The lowest BCUT2D eigenvalue weighted by atomic mass is 10.0. The van der Waals surface area contributed by atoms with Crippen LogP contribution in [0.3, 0.4) is 0 Å². The summed E-state index contributed by atoms with van der Waals surface area (Å²) in [4.78, 5) is 4.39. The Kier molecular flexibility index (Phi) is 8.38. The summed E-state index contributed by atoms with van der Waals surface area (Å²) in [6, 6.07) is 9.13. The van der Waals surface area contributed by atoms with Gasteiger partial charge in [-0.2, -0.15) is 0 Å². The molecule has 32 heavy (non-hydrogen) atoms. The fourth-order valence-corrected chi connectivity index (χ4v) is 4.64. The highest BCUT2D eigenvalue weighted by molar-refractivity contribution is 6.10. The number of aliphatic imine (C=N–C) groups is 1. The molecular weight excluding hydrogens is 398 g/mol. The number of aromatic hydroxyl groups is 2. The van der Waals surface area contributed by atoms with Crippen LogP contribution in [0.15, 0.2) is 47.5 Å². The average molecular weight is 436 g/mol. The lowest BCUT2D eigenvalue weighted by molar-refractivity contribution is 0.159. The average Bonchev–Trinajstić information content (AvgIpc) is 3.10. The minimum atomic E-state index is -0.229. The predicted molar refractivity (Wildman–Crippen MR) is 132 cm³/mol. The number of hydrogen-bond acceptors (Lipinski definition) is 4. The summed E-state index contributed by atoms with van der Waals surface area (Å²) in [5.74, 6) is 1.13. The number of aryl methyl sites for hydroxylation is 1. The number of phenolic OH excluding ortho intramolecular Hbond substituents is 2. The third kappa shape index (κ3) is 5.73. The Balaban J connectivity index is 0.000000416. The number of allylic oxidation sites excluding steroid dienone is 2. The van der Waals surface area contributed by atoms with Gasteiger partial charge >= 0.3 is 0 Å². The molecule has 4 heteroatoms. The van der Waals surface area contributed by atoms with Crippen molar-refractivity contribution in [3.05, 3.63) is 64.7 Å². The quantitative estimate of drug-likeness (QED) is 0.506. The zero-order valence-corrected chi connectivity index (χ0v) is 19.9. The van der Waals surface area contributed by atoms with Gasteiger partial charge in [0.2, 0.25) is 0 Å². The maximum Gasteiger partial charge on any atom is 0.129 e. The van der Waals surface area contributed by atoms with Gasteiger partial charge in [0.15, 0.2) is 0 Å². The van der Waals surface area contributed by atoms with Crippen molar-refractivity contribution in [2.24, 2.45) is 10.9 Å². The van der Waals surface area contributed by atoms with Gasteiger partial charge < -0.3 is 14.9 Å². The van der Waals surface area contributed by atoms with E-state index in [1.165, 1.54) is 44.6 Å². The summed E-state index contributed by atoms with van der Waals surface area (Å²) in [7, 11) is 1.77. The smallest absolute Gasteiger partial charge is 0.129 e. The molecule has 2 atom stereocenters. The maximum absolute atomic E-state index is 10.2. The van der Waals surface area contributed by atoms with E-state index in [-0.39, 0.29) is 23.5 Å². The maximum atomic E-state index is 10.2. The van der Waals surface area contributed by atoms with E-state index in [1.807, 2.05) is 38.1 Å². The topological polar surface area (TPSA) is 62.0 Å². The third-order valence-electron chi connectivity index (χ3n) is 6.33. The molecule has 0 aromatic heterocycles. The van der Waals surface area contributed by atoms with Gasteiger partial charge in [-0.15, -0.1) is 0 Å². The van der Waals surface area contributed by atoms with Crippen LogP contribution < -0.4 is 4.74 Å². The van der Waals surface area contributed by atoms with Crippen LogP contribution in [0.5, 0.6) is 17.2 Å². The minimum Gasteiger partial charge on any atom is -0.508 e. The number of rotatable bonds is 4. The summed E-state index contributed by atoms with van der Waals surface area (Å²) in [5.41, 5.74) is 4.63. The molecule has 4 nitrogen and oxygen atoms in total. The second kappa shape index (κ2) is 11.2. The van der Waals surface area contributed by atoms with Crippen molar-refractivity contribution in [3.63, 3.8) is 0 Å². The number of phenols is 2. The molecule has 2 N–H and O–H groups in total. The zero-order chi connectivity index (χ0) is 23.1. The van der Waals surface area contributed by atoms with E-state index in [2.05, 4.69) is 18.0 Å². The minimum absolute atomic E-state index is 0.0535. The van der Waals surface area contributed by atoms with Crippen LogP contribution in [0.4, 0.5) is 0 Å². The molecule has 0 bridgehead atoms. The van der Waals surface area contributed by atoms with Crippen LogP contribution in [-0.2, 0) is 6.42 Å². The molecule has 0 aliphatic heterocycles. The van der Waals surface area contributed by atoms with Crippen molar-refractivity contribution in [2.45, 2.75) is 71.8 Å². The Morgan fingerprint density at radius 1 is 1.03 bits per heavy atom. The highest BCUT2D eigenvalue weighted by atomic mass is 16.5. The van der Waals surface area contributed by atoms with Gasteiger partial charge in [-0.05, 0) is 44.5 Å². The molecule has 2 aliphatic rings. The van der Waals surface area contributed by atoms with E-state index in [1.54, 1.807) is 13.1 Å². The molecular formula is C28H37NO3. The molecule has 2 aliphatic carbocycles. The number of nitrogens with zero attached hydrogens (tertiary/aromatic N) is 1. The van der Waals surface area contributed by atoms with E-state index >= 15 is 0 Å². The summed E-state index contributed by atoms with van der Waals surface area (Å²) in [6.45, 7) is 6.10. The molecule has 0 amide bonds. The first-order valence-corrected chi connectivity index (χ1v) is 11.9. The highest BCUT2D eigenvalue weighted by Gasteiger charge is 2.34. The van der Waals surface area contributed by atoms with Crippen LogP contribution in [-0.4, -0.2) is 23.0 Å². The van der Waals surface area contributed by atoms with Crippen molar-refractivity contribution in [2.75, 3.05) is 7.05 Å². The third-order valence-corrected chi connectivity index (χ3v) is 6.33. The Bertz CT molecular complexity index is 961. The fraction of sp³-hybridized carbons (Fsp3) is 0.464. The van der Waals surface area contributed by atoms with Crippen LogP contribution >= 0.6 is 0 Å². The summed E-state index contributed by atoms with van der Waals surface area (Å²) in [6.07, 6.45) is 13.4. The molecule has 1 saturated carbocycles. The van der Waals surface area contributed by atoms with E-state index in [0.29, 0.717) is 0 Å². The van der Waals surface area contributed by atoms with Gasteiger partial charge in [-0.25, -0.2) is 0 Å². The lowest BCUT2D eigenvalue weighted by Crippen LogP contribution is -2.13. The Hall–Kier alpha value is -2.75. The van der Waals surface area contributed by atoms with Crippen LogP contribution in [0.2, 0.25) is 0 Å². The Labute approximate surface area is 192 Å². The zero-order valence-electron chi connectivity index (χ0n) is 19.9. The van der Waals surface area contributed by atoms with Crippen molar-refractivity contribution < 1.29 is 14.9 Å². The SMILES string of the molecule is C/C=C\C(=NC)c1cc(C)ccc1O[C@H]1c2cc(O)cc(O)c2CC1C.C1CCCCC1. The number of fused-ring (bicyclic) bond motifs is 1. The van der Waals surface area contributed by atoms with Crippen molar-refractivity contribution >= 4 is 5.71 Å². The van der Waals surface area contributed by atoms with Crippen molar-refractivity contribution in [3.8, 4) is 17.2 Å². The van der Waals surface area contributed by atoms with E-state index in [0.717, 1.165) is 40.1 Å². The van der Waals surface area contributed by atoms with Gasteiger partial charge in [-0.3, -0.25) is 4.99 Å². The largest absolute Gasteiger partial charge is 0.508 e. The summed E-state index contributed by atoms with van der Waals surface area (Å²) >= 11 is 0. The van der Waals surface area contributed by atoms with E-state index < -0.39 is 0 Å². The molecule has 172 valence electrons. The fourth-order valence-electron chi connectivity index (χ4n) is 4.64. The van der Waals surface area contributed by atoms with Gasteiger partial charge in [-0.1, -0.05) is 63.2 Å². The first kappa shape index (κ1) is 23.9. The Morgan fingerprint density at radius 2 is 1.69 bits per heavy atom. The van der Waals surface area contributed by atoms with E-state index in [9.17, 15) is 10.2 Å². The van der Waals surface area contributed by atoms with Crippen LogP contribution in [0, 0.1) is 12.8 Å². The van der Waals surface area contributed by atoms with Crippen LogP contribution in [0.1, 0.15) is 80.7 Å². The second-order valence-corrected chi connectivity index (χ2v) is 8.98. The van der Waals surface area contributed by atoms with E-state index in [4.69, 9.17) is 4.74 Å². The summed E-state index contributed by atoms with van der Waals surface area (Å²) in [5, 5.41) is 20.0. The molecule has 0 heterocycles. The first-order valence-electron chi connectivity index (χ1n) is 11.9. The van der Waals surface area contributed by atoms with Crippen molar-refractivity contribution in [1.82, 2.24) is 0 Å². The molecule has 2 aromatic rings. The molecule has 0 saturated heterocycles. The van der Waals surface area contributed by atoms with Gasteiger partial charge in [0.25, 0.3) is 0 Å². The van der Waals surface area contributed by atoms with Gasteiger partial charge in [0, 0.05) is 35.7 Å². The number of benzene rings is 2. The molecule has 2 aromatic carbocycles. The molecule has 1 fully saturated rings. The normalized spacial score (nSPS) is 20.6. The predicted octanol–water partition coefficient (Wildman–Crippen LogP) is 7.05. The molecule has 1 unspecified atom stereocenters. The van der Waals surface area contributed by atoms with Gasteiger partial charge in [0.05, 0.1) is 5.71 Å².